The Kier molecular flexibility index (Phi) is 4.51. The SMILES string of the molecule is O=[N+]([O-])c1c(Cl)ncnc1N1CCN(c2nc3ccc(Cl)cc3s2)CC1. The number of hydrogen-bond donors (Lipinski definition) is 0. The summed E-state index contributed by atoms with van der Waals surface area (Å²) in [7, 11) is 0. The van der Waals surface area contributed by atoms with Crippen molar-refractivity contribution in [2.24, 2.45) is 0 Å². The summed E-state index contributed by atoms with van der Waals surface area (Å²) in [5.41, 5.74) is 0.660. The van der Waals surface area contributed by atoms with E-state index < -0.39 is 4.92 Å². The second kappa shape index (κ2) is 6.82. The Morgan fingerprint density at radius 1 is 1.12 bits per heavy atom. The number of rotatable bonds is 3. The number of benzene rings is 1. The molecule has 2 aromatic heterocycles. The van der Waals surface area contributed by atoms with Crippen LogP contribution in [0.2, 0.25) is 10.2 Å². The third-order valence-electron chi connectivity index (χ3n) is 4.13. The monoisotopic (exact) mass is 410 g/mol. The van der Waals surface area contributed by atoms with E-state index in [1.807, 2.05) is 23.1 Å². The van der Waals surface area contributed by atoms with Gasteiger partial charge in [0.1, 0.15) is 6.33 Å². The summed E-state index contributed by atoms with van der Waals surface area (Å²) < 4.78 is 1.04. The van der Waals surface area contributed by atoms with Crippen LogP contribution in [0.3, 0.4) is 0 Å². The molecule has 0 N–H and O–H groups in total. The van der Waals surface area contributed by atoms with E-state index in [9.17, 15) is 10.1 Å². The van der Waals surface area contributed by atoms with Crippen molar-refractivity contribution >= 4 is 61.4 Å². The van der Waals surface area contributed by atoms with Crippen LogP contribution >= 0.6 is 34.5 Å². The molecule has 3 heterocycles. The molecule has 1 fully saturated rings. The second-order valence-electron chi connectivity index (χ2n) is 5.68. The number of nitro groups is 1. The first-order chi connectivity index (χ1) is 12.5. The van der Waals surface area contributed by atoms with Crippen molar-refractivity contribution in [3.05, 3.63) is 44.8 Å². The summed E-state index contributed by atoms with van der Waals surface area (Å²) >= 11 is 13.5. The molecule has 1 aliphatic rings. The van der Waals surface area contributed by atoms with Crippen LogP contribution in [-0.2, 0) is 0 Å². The van der Waals surface area contributed by atoms with Gasteiger partial charge in [0.2, 0.25) is 11.0 Å². The van der Waals surface area contributed by atoms with E-state index in [0.717, 1.165) is 15.3 Å². The van der Waals surface area contributed by atoms with E-state index in [4.69, 9.17) is 23.2 Å². The van der Waals surface area contributed by atoms with Gasteiger partial charge in [-0.2, -0.15) is 0 Å². The van der Waals surface area contributed by atoms with E-state index in [1.54, 1.807) is 11.3 Å². The molecule has 0 saturated carbocycles. The Balaban J connectivity index is 1.54. The molecule has 0 aliphatic carbocycles. The number of fused-ring (bicyclic) bond motifs is 1. The van der Waals surface area contributed by atoms with Gasteiger partial charge in [0, 0.05) is 31.2 Å². The van der Waals surface area contributed by atoms with Crippen molar-refractivity contribution in [1.82, 2.24) is 15.0 Å². The Labute approximate surface area is 162 Å². The number of nitrogens with zero attached hydrogens (tertiary/aromatic N) is 6. The number of hydrogen-bond acceptors (Lipinski definition) is 8. The predicted octanol–water partition coefficient (Wildman–Crippen LogP) is 3.63. The van der Waals surface area contributed by atoms with Gasteiger partial charge in [-0.1, -0.05) is 34.5 Å². The number of halogens is 2. The normalized spacial score (nSPS) is 14.8. The van der Waals surface area contributed by atoms with Crippen molar-refractivity contribution in [2.45, 2.75) is 0 Å². The predicted molar refractivity (Wildman–Crippen MR) is 103 cm³/mol. The summed E-state index contributed by atoms with van der Waals surface area (Å²) in [4.78, 5) is 27.2. The molecule has 1 aromatic carbocycles. The van der Waals surface area contributed by atoms with Crippen LogP contribution in [0.15, 0.2) is 24.5 Å². The molecular weight excluding hydrogens is 399 g/mol. The van der Waals surface area contributed by atoms with Crippen LogP contribution in [-0.4, -0.2) is 46.1 Å². The van der Waals surface area contributed by atoms with Gasteiger partial charge < -0.3 is 9.80 Å². The molecule has 11 heteroatoms. The van der Waals surface area contributed by atoms with Gasteiger partial charge in [-0.25, -0.2) is 15.0 Å². The Morgan fingerprint density at radius 2 is 1.85 bits per heavy atom. The smallest absolute Gasteiger partial charge is 0.347 e. The third kappa shape index (κ3) is 3.13. The van der Waals surface area contributed by atoms with Gasteiger partial charge in [-0.3, -0.25) is 10.1 Å². The largest absolute Gasteiger partial charge is 0.348 e. The van der Waals surface area contributed by atoms with Gasteiger partial charge in [0.25, 0.3) is 0 Å². The van der Waals surface area contributed by atoms with Crippen LogP contribution in [0, 0.1) is 10.1 Å². The molecule has 26 heavy (non-hydrogen) atoms. The van der Waals surface area contributed by atoms with Gasteiger partial charge in [0.05, 0.1) is 15.1 Å². The van der Waals surface area contributed by atoms with Crippen molar-refractivity contribution < 1.29 is 4.92 Å². The fourth-order valence-corrected chi connectivity index (χ4v) is 4.36. The van der Waals surface area contributed by atoms with E-state index in [0.29, 0.717) is 31.2 Å². The summed E-state index contributed by atoms with van der Waals surface area (Å²) in [6, 6.07) is 5.63. The molecule has 3 aromatic rings. The lowest BCUT2D eigenvalue weighted by Crippen LogP contribution is -2.47. The second-order valence-corrected chi connectivity index (χ2v) is 7.48. The molecule has 0 amide bonds. The lowest BCUT2D eigenvalue weighted by atomic mass is 10.3. The van der Waals surface area contributed by atoms with Gasteiger partial charge in [0.15, 0.2) is 5.13 Å². The molecule has 4 rings (SSSR count). The molecule has 8 nitrogen and oxygen atoms in total. The molecule has 0 atom stereocenters. The minimum absolute atomic E-state index is 0.148. The average molecular weight is 411 g/mol. The summed E-state index contributed by atoms with van der Waals surface area (Å²) in [6.45, 7) is 2.49. The average Bonchev–Trinajstić information content (AvgIpc) is 3.04. The van der Waals surface area contributed by atoms with Crippen molar-refractivity contribution in [3.63, 3.8) is 0 Å². The summed E-state index contributed by atoms with van der Waals surface area (Å²) in [5, 5.41) is 12.7. The summed E-state index contributed by atoms with van der Waals surface area (Å²) in [6.07, 6.45) is 1.24. The number of thiazole rings is 1. The van der Waals surface area contributed by atoms with E-state index in [1.165, 1.54) is 6.33 Å². The van der Waals surface area contributed by atoms with Crippen LogP contribution in [0.4, 0.5) is 16.6 Å². The fourth-order valence-electron chi connectivity index (χ4n) is 2.87. The molecule has 1 aliphatic heterocycles. The molecule has 134 valence electrons. The van der Waals surface area contributed by atoms with E-state index >= 15 is 0 Å². The zero-order valence-electron chi connectivity index (χ0n) is 13.3. The van der Waals surface area contributed by atoms with Crippen LogP contribution < -0.4 is 9.80 Å². The molecule has 0 radical (unpaired) electrons. The number of anilines is 2. The van der Waals surface area contributed by atoms with Crippen molar-refractivity contribution in [1.29, 1.82) is 0 Å². The molecule has 0 unspecified atom stereocenters. The van der Waals surface area contributed by atoms with Crippen molar-refractivity contribution in [2.75, 3.05) is 36.0 Å². The quantitative estimate of drug-likeness (QED) is 0.369. The molecular formula is C15H12Cl2N6O2S. The number of aromatic nitrogens is 3. The van der Waals surface area contributed by atoms with E-state index in [-0.39, 0.29) is 16.7 Å². The first kappa shape index (κ1) is 17.2. The summed E-state index contributed by atoms with van der Waals surface area (Å²) in [5.74, 6) is 0.255. The van der Waals surface area contributed by atoms with E-state index in [2.05, 4.69) is 19.9 Å². The van der Waals surface area contributed by atoms with Gasteiger partial charge >= 0.3 is 5.69 Å². The highest BCUT2D eigenvalue weighted by Gasteiger charge is 2.29. The maximum atomic E-state index is 11.3. The fraction of sp³-hybridized carbons (Fsp3) is 0.267. The minimum Gasteiger partial charge on any atom is -0.347 e. The zero-order valence-corrected chi connectivity index (χ0v) is 15.6. The highest BCUT2D eigenvalue weighted by atomic mass is 35.5. The lowest BCUT2D eigenvalue weighted by molar-refractivity contribution is -0.384. The zero-order chi connectivity index (χ0) is 18.3. The maximum Gasteiger partial charge on any atom is 0.348 e. The molecule has 0 bridgehead atoms. The topological polar surface area (TPSA) is 88.3 Å². The van der Waals surface area contributed by atoms with Gasteiger partial charge in [-0.15, -0.1) is 0 Å². The highest BCUT2D eigenvalue weighted by Crippen LogP contribution is 2.34. The van der Waals surface area contributed by atoms with Crippen LogP contribution in [0.25, 0.3) is 10.2 Å². The Hall–Kier alpha value is -2.23. The third-order valence-corrected chi connectivity index (χ3v) is 5.72. The molecule has 0 spiro atoms. The van der Waals surface area contributed by atoms with Crippen LogP contribution in [0.5, 0.6) is 0 Å². The number of piperazine rings is 1. The standard InChI is InChI=1S/C15H12Cl2N6O2S/c16-9-1-2-10-11(7-9)26-15(20-10)22-5-3-21(4-6-22)14-12(23(24)25)13(17)18-8-19-14/h1-2,7-8H,3-6H2. The highest BCUT2D eigenvalue weighted by molar-refractivity contribution is 7.22. The van der Waals surface area contributed by atoms with Crippen LogP contribution in [0.1, 0.15) is 0 Å². The molecule has 1 saturated heterocycles. The Morgan fingerprint density at radius 3 is 2.58 bits per heavy atom. The Bertz CT molecular complexity index is 989. The van der Waals surface area contributed by atoms with Gasteiger partial charge in [-0.05, 0) is 18.2 Å². The minimum atomic E-state index is -0.540. The first-order valence-corrected chi connectivity index (χ1v) is 9.31. The lowest BCUT2D eigenvalue weighted by Gasteiger charge is -2.34. The van der Waals surface area contributed by atoms with Crippen molar-refractivity contribution in [3.8, 4) is 0 Å². The maximum absolute atomic E-state index is 11.3. The first-order valence-electron chi connectivity index (χ1n) is 7.74.